The maximum Gasteiger partial charge on any atom is 0.410 e. The van der Waals surface area contributed by atoms with Gasteiger partial charge in [0.2, 0.25) is 0 Å². The van der Waals surface area contributed by atoms with Crippen molar-refractivity contribution in [3.8, 4) is 5.88 Å². The maximum atomic E-state index is 12.1. The van der Waals surface area contributed by atoms with Crippen LogP contribution >= 0.6 is 0 Å². The molecule has 0 bridgehead atoms. The maximum absolute atomic E-state index is 12.1. The minimum Gasteiger partial charge on any atom is -0.472 e. The third-order valence-electron chi connectivity index (χ3n) is 4.08. The van der Waals surface area contributed by atoms with E-state index in [0.717, 1.165) is 43.9 Å². The smallest absolute Gasteiger partial charge is 0.410 e. The van der Waals surface area contributed by atoms with Crippen molar-refractivity contribution in [2.24, 2.45) is 5.92 Å². The van der Waals surface area contributed by atoms with Crippen LogP contribution in [-0.4, -0.2) is 52.5 Å². The lowest BCUT2D eigenvalue weighted by atomic mass is 9.97. The van der Waals surface area contributed by atoms with Crippen LogP contribution in [0, 0.1) is 12.8 Å². The normalized spacial score (nSPS) is 15.9. The molecule has 1 amide bonds. The Morgan fingerprint density at radius 3 is 2.54 bits per heavy atom. The molecule has 0 saturated carbocycles. The summed E-state index contributed by atoms with van der Waals surface area (Å²) in [5.41, 5.74) is 1.28. The lowest BCUT2D eigenvalue weighted by Crippen LogP contribution is -2.42. The fourth-order valence-electron chi connectivity index (χ4n) is 2.82. The molecule has 1 N–H and O–H groups in total. The Hall–Kier alpha value is -2.05. The van der Waals surface area contributed by atoms with Gasteiger partial charge in [0.15, 0.2) is 0 Å². The van der Waals surface area contributed by atoms with Gasteiger partial charge in [-0.05, 0) is 66.4 Å². The number of likely N-dealkylation sites (tertiary alicyclic amines) is 1. The summed E-state index contributed by atoms with van der Waals surface area (Å²) in [6.07, 6.45) is 1.73. The standard InChI is InChI=1S/C19H32N4O3/c1-13(2)25-17-16(11-14(3)21-22-17)20-12-15-7-9-23(10-8-15)18(24)26-19(4,5)6/h11,13,15H,7-10,12H2,1-6H3,(H,20,21). The number of carbonyl (C=O) groups excluding carboxylic acids is 1. The van der Waals surface area contributed by atoms with Gasteiger partial charge in [0.05, 0.1) is 11.8 Å². The number of aromatic nitrogens is 2. The number of carbonyl (C=O) groups is 1. The number of piperidine rings is 1. The molecule has 0 atom stereocenters. The number of nitrogens with zero attached hydrogens (tertiary/aromatic N) is 3. The van der Waals surface area contributed by atoms with E-state index in [1.807, 2.05) is 47.6 Å². The van der Waals surface area contributed by atoms with E-state index >= 15 is 0 Å². The molecule has 1 fully saturated rings. The molecule has 26 heavy (non-hydrogen) atoms. The summed E-state index contributed by atoms with van der Waals surface area (Å²) < 4.78 is 11.2. The van der Waals surface area contributed by atoms with E-state index in [0.29, 0.717) is 11.8 Å². The zero-order chi connectivity index (χ0) is 19.3. The Morgan fingerprint density at radius 2 is 1.96 bits per heavy atom. The molecule has 2 heterocycles. The van der Waals surface area contributed by atoms with Crippen molar-refractivity contribution in [1.29, 1.82) is 0 Å². The van der Waals surface area contributed by atoms with Gasteiger partial charge in [0, 0.05) is 19.6 Å². The van der Waals surface area contributed by atoms with Gasteiger partial charge in [-0.15, -0.1) is 5.10 Å². The monoisotopic (exact) mass is 364 g/mol. The van der Waals surface area contributed by atoms with Crippen LogP contribution in [0.15, 0.2) is 6.07 Å². The summed E-state index contributed by atoms with van der Waals surface area (Å²) in [7, 11) is 0. The number of hydrogen-bond donors (Lipinski definition) is 1. The number of rotatable bonds is 5. The van der Waals surface area contributed by atoms with Crippen LogP contribution in [0.3, 0.4) is 0 Å². The fourth-order valence-corrected chi connectivity index (χ4v) is 2.82. The van der Waals surface area contributed by atoms with Crippen LogP contribution in [0.25, 0.3) is 0 Å². The molecule has 0 radical (unpaired) electrons. The molecule has 7 heteroatoms. The minimum atomic E-state index is -0.450. The molecule has 0 unspecified atom stereocenters. The predicted molar refractivity (Wildman–Crippen MR) is 102 cm³/mol. The Morgan fingerprint density at radius 1 is 1.31 bits per heavy atom. The lowest BCUT2D eigenvalue weighted by molar-refractivity contribution is 0.0188. The topological polar surface area (TPSA) is 76.6 Å². The highest BCUT2D eigenvalue weighted by atomic mass is 16.6. The average Bonchev–Trinajstić information content (AvgIpc) is 2.53. The lowest BCUT2D eigenvalue weighted by Gasteiger charge is -2.33. The van der Waals surface area contributed by atoms with Crippen molar-refractivity contribution in [2.75, 3.05) is 25.0 Å². The third-order valence-corrected chi connectivity index (χ3v) is 4.08. The minimum absolute atomic E-state index is 0.0459. The molecule has 1 saturated heterocycles. The first kappa shape index (κ1) is 20.3. The molecule has 1 aromatic heterocycles. The number of amides is 1. The second-order valence-corrected chi connectivity index (χ2v) is 8.16. The van der Waals surface area contributed by atoms with Crippen molar-refractivity contribution in [2.45, 2.75) is 66.1 Å². The molecule has 0 aromatic carbocycles. The number of aryl methyl sites for hydroxylation is 1. The molecular weight excluding hydrogens is 332 g/mol. The van der Waals surface area contributed by atoms with Crippen molar-refractivity contribution < 1.29 is 14.3 Å². The van der Waals surface area contributed by atoms with Gasteiger partial charge < -0.3 is 19.7 Å². The van der Waals surface area contributed by atoms with E-state index in [1.54, 1.807) is 4.90 Å². The van der Waals surface area contributed by atoms with E-state index in [-0.39, 0.29) is 12.2 Å². The van der Waals surface area contributed by atoms with Crippen molar-refractivity contribution in [1.82, 2.24) is 15.1 Å². The van der Waals surface area contributed by atoms with Gasteiger partial charge in [0.25, 0.3) is 5.88 Å². The first-order valence-electron chi connectivity index (χ1n) is 9.37. The quantitative estimate of drug-likeness (QED) is 0.860. The van der Waals surface area contributed by atoms with E-state index in [9.17, 15) is 4.79 Å². The summed E-state index contributed by atoms with van der Waals surface area (Å²) in [4.78, 5) is 13.9. The van der Waals surface area contributed by atoms with Gasteiger partial charge in [-0.25, -0.2) is 4.79 Å². The van der Waals surface area contributed by atoms with Crippen molar-refractivity contribution >= 4 is 11.8 Å². The first-order chi connectivity index (χ1) is 12.1. The summed E-state index contributed by atoms with van der Waals surface area (Å²) in [5, 5.41) is 11.7. The van der Waals surface area contributed by atoms with Gasteiger partial charge in [-0.3, -0.25) is 0 Å². The highest BCUT2D eigenvalue weighted by molar-refractivity contribution is 5.68. The van der Waals surface area contributed by atoms with E-state index in [1.165, 1.54) is 0 Å². The molecule has 146 valence electrons. The SMILES string of the molecule is Cc1cc(NCC2CCN(C(=O)OC(C)(C)C)CC2)c(OC(C)C)nn1. The summed E-state index contributed by atoms with van der Waals surface area (Å²) in [6, 6.07) is 1.96. The van der Waals surface area contributed by atoms with Gasteiger partial charge >= 0.3 is 6.09 Å². The number of hydrogen-bond acceptors (Lipinski definition) is 6. The molecule has 1 aliphatic rings. The van der Waals surface area contributed by atoms with Crippen LogP contribution in [-0.2, 0) is 4.74 Å². The number of nitrogens with one attached hydrogen (secondary N) is 1. The summed E-state index contributed by atoms with van der Waals surface area (Å²) in [6.45, 7) is 13.8. The molecule has 1 aromatic rings. The number of ether oxygens (including phenoxy) is 2. The molecule has 0 aliphatic carbocycles. The Kier molecular flexibility index (Phi) is 6.67. The van der Waals surface area contributed by atoms with Crippen molar-refractivity contribution in [3.05, 3.63) is 11.8 Å². The number of anilines is 1. The summed E-state index contributed by atoms with van der Waals surface area (Å²) in [5.74, 6) is 1.03. The van der Waals surface area contributed by atoms with Crippen LogP contribution in [0.2, 0.25) is 0 Å². The van der Waals surface area contributed by atoms with Gasteiger partial charge in [-0.1, -0.05) is 0 Å². The van der Waals surface area contributed by atoms with Gasteiger partial charge in [0.1, 0.15) is 11.3 Å². The molecule has 2 rings (SSSR count). The first-order valence-corrected chi connectivity index (χ1v) is 9.37. The molecule has 7 nitrogen and oxygen atoms in total. The van der Waals surface area contributed by atoms with Crippen LogP contribution in [0.1, 0.15) is 53.2 Å². The average molecular weight is 364 g/mol. The zero-order valence-electron chi connectivity index (χ0n) is 16.8. The Balaban J connectivity index is 1.85. The van der Waals surface area contributed by atoms with E-state index < -0.39 is 5.60 Å². The molecule has 0 spiro atoms. The molecule has 1 aliphatic heterocycles. The Bertz CT molecular complexity index is 605. The van der Waals surface area contributed by atoms with Crippen LogP contribution < -0.4 is 10.1 Å². The van der Waals surface area contributed by atoms with Crippen molar-refractivity contribution in [3.63, 3.8) is 0 Å². The molecular formula is C19H32N4O3. The predicted octanol–water partition coefficient (Wildman–Crippen LogP) is 3.63. The Labute approximate surface area is 156 Å². The van der Waals surface area contributed by atoms with Crippen LogP contribution in [0.5, 0.6) is 5.88 Å². The summed E-state index contributed by atoms with van der Waals surface area (Å²) >= 11 is 0. The highest BCUT2D eigenvalue weighted by Crippen LogP contribution is 2.25. The second kappa shape index (κ2) is 8.56. The van der Waals surface area contributed by atoms with E-state index in [4.69, 9.17) is 9.47 Å². The van der Waals surface area contributed by atoms with Gasteiger partial charge in [-0.2, -0.15) is 5.10 Å². The zero-order valence-corrected chi connectivity index (χ0v) is 16.8. The fraction of sp³-hybridized carbons (Fsp3) is 0.737. The third kappa shape index (κ3) is 6.35. The highest BCUT2D eigenvalue weighted by Gasteiger charge is 2.27. The largest absolute Gasteiger partial charge is 0.472 e. The van der Waals surface area contributed by atoms with E-state index in [2.05, 4.69) is 15.5 Å². The van der Waals surface area contributed by atoms with Crippen LogP contribution in [0.4, 0.5) is 10.5 Å². The second-order valence-electron chi connectivity index (χ2n) is 8.16.